The maximum Gasteiger partial charge on any atom is 0.241 e. The van der Waals surface area contributed by atoms with Crippen LogP contribution < -0.4 is 9.62 Å². The van der Waals surface area contributed by atoms with Crippen molar-refractivity contribution in [2.45, 2.75) is 11.4 Å². The van der Waals surface area contributed by atoms with Gasteiger partial charge in [-0.05, 0) is 29.8 Å². The van der Waals surface area contributed by atoms with E-state index in [0.29, 0.717) is 10.9 Å². The number of rotatable bonds is 5. The lowest BCUT2D eigenvalue weighted by Gasteiger charge is -2.17. The number of hydrogen-bond donors (Lipinski definition) is 1. The fourth-order valence-electron chi connectivity index (χ4n) is 2.79. The molecule has 0 unspecified atom stereocenters. The van der Waals surface area contributed by atoms with Gasteiger partial charge in [0.15, 0.2) is 0 Å². The van der Waals surface area contributed by atoms with Gasteiger partial charge in [-0.1, -0.05) is 41.9 Å². The molecule has 0 heterocycles. The average Bonchev–Trinajstić information content (AvgIpc) is 2.61. The van der Waals surface area contributed by atoms with Crippen LogP contribution >= 0.6 is 11.6 Å². The Bertz CT molecular complexity index is 1070. The first-order valence-electron chi connectivity index (χ1n) is 7.92. The molecule has 0 amide bonds. The summed E-state index contributed by atoms with van der Waals surface area (Å²) in [7, 11) is 0.0625. The first-order chi connectivity index (χ1) is 12.3. The molecule has 0 fully saturated rings. The Morgan fingerprint density at radius 1 is 1.04 bits per heavy atom. The normalized spacial score (nSPS) is 11.7. The summed E-state index contributed by atoms with van der Waals surface area (Å²) >= 11 is 5.75. The third-order valence-electron chi connectivity index (χ3n) is 4.08. The summed E-state index contributed by atoms with van der Waals surface area (Å²) < 4.78 is 41.4. The van der Waals surface area contributed by atoms with Crippen LogP contribution in [0.25, 0.3) is 10.8 Å². The van der Waals surface area contributed by atoms with E-state index in [1.165, 1.54) is 18.2 Å². The van der Waals surface area contributed by atoms with Crippen molar-refractivity contribution < 1.29 is 12.8 Å². The number of nitrogens with one attached hydrogen (secondary N) is 1. The lowest BCUT2D eigenvalue weighted by atomic mass is 10.1. The van der Waals surface area contributed by atoms with Gasteiger partial charge in [-0.3, -0.25) is 0 Å². The molecule has 0 aliphatic carbocycles. The van der Waals surface area contributed by atoms with Gasteiger partial charge in [-0.15, -0.1) is 0 Å². The molecular formula is C19H18ClFN2O2S. The minimum absolute atomic E-state index is 0.0199. The van der Waals surface area contributed by atoms with Crippen LogP contribution in [0.1, 0.15) is 5.56 Å². The Morgan fingerprint density at radius 2 is 1.73 bits per heavy atom. The van der Waals surface area contributed by atoms with Crippen molar-refractivity contribution in [3.05, 3.63) is 71.0 Å². The highest BCUT2D eigenvalue weighted by molar-refractivity contribution is 7.89. The molecule has 3 aromatic carbocycles. The second kappa shape index (κ2) is 7.23. The van der Waals surface area contributed by atoms with Crippen LogP contribution in [0.5, 0.6) is 0 Å². The molecule has 0 aliphatic heterocycles. The van der Waals surface area contributed by atoms with Gasteiger partial charge in [0, 0.05) is 37.1 Å². The van der Waals surface area contributed by atoms with Gasteiger partial charge in [0.05, 0.1) is 9.92 Å². The highest BCUT2D eigenvalue weighted by Crippen LogP contribution is 2.30. The monoisotopic (exact) mass is 392 g/mol. The van der Waals surface area contributed by atoms with Crippen LogP contribution in [0.3, 0.4) is 0 Å². The van der Waals surface area contributed by atoms with Crippen molar-refractivity contribution in [2.24, 2.45) is 0 Å². The molecule has 1 N–H and O–H groups in total. The van der Waals surface area contributed by atoms with Gasteiger partial charge >= 0.3 is 0 Å². The van der Waals surface area contributed by atoms with Crippen LogP contribution in [0.4, 0.5) is 10.1 Å². The fraction of sp³-hybridized carbons (Fsp3) is 0.158. The summed E-state index contributed by atoms with van der Waals surface area (Å²) in [6.07, 6.45) is 0. The van der Waals surface area contributed by atoms with Gasteiger partial charge in [0.1, 0.15) is 5.82 Å². The first-order valence-corrected chi connectivity index (χ1v) is 9.78. The molecule has 0 aliphatic rings. The van der Waals surface area contributed by atoms with E-state index in [-0.39, 0.29) is 16.5 Å². The highest BCUT2D eigenvalue weighted by Gasteiger charge is 2.18. The van der Waals surface area contributed by atoms with Gasteiger partial charge < -0.3 is 4.90 Å². The lowest BCUT2D eigenvalue weighted by molar-refractivity contribution is 0.582. The van der Waals surface area contributed by atoms with Gasteiger partial charge in [-0.25, -0.2) is 17.5 Å². The van der Waals surface area contributed by atoms with Crippen molar-refractivity contribution >= 4 is 38.1 Å². The Kier molecular flexibility index (Phi) is 5.18. The smallest absolute Gasteiger partial charge is 0.241 e. The van der Waals surface area contributed by atoms with Gasteiger partial charge in [0.2, 0.25) is 10.0 Å². The summed E-state index contributed by atoms with van der Waals surface area (Å²) in [5.41, 5.74) is 1.51. The molecule has 0 spiro atoms. The van der Waals surface area contributed by atoms with Crippen molar-refractivity contribution in [1.82, 2.24) is 4.72 Å². The standard InChI is InChI=1S/C19H18ClFN2O2S/c1-23(2)18-7-3-6-15-14(18)5-4-8-19(15)26(24,25)22-12-13-9-10-17(21)16(20)11-13/h3-11,22H,12H2,1-2H3. The maximum atomic E-state index is 13.2. The number of hydrogen-bond acceptors (Lipinski definition) is 3. The first kappa shape index (κ1) is 18.6. The summed E-state index contributed by atoms with van der Waals surface area (Å²) in [6.45, 7) is 0.0199. The Morgan fingerprint density at radius 3 is 2.42 bits per heavy atom. The number of halogens is 2. The molecule has 7 heteroatoms. The number of benzene rings is 3. The summed E-state index contributed by atoms with van der Waals surface area (Å²) in [6, 6.07) is 14.9. The Hall–Kier alpha value is -2.15. The Balaban J connectivity index is 1.96. The SMILES string of the molecule is CN(C)c1cccc2c(S(=O)(=O)NCc3ccc(F)c(Cl)c3)cccc12. The molecule has 4 nitrogen and oxygen atoms in total. The molecule has 136 valence electrons. The Labute approximate surface area is 157 Å². The van der Waals surface area contributed by atoms with Crippen molar-refractivity contribution in [2.75, 3.05) is 19.0 Å². The lowest BCUT2D eigenvalue weighted by Crippen LogP contribution is -2.23. The van der Waals surface area contributed by atoms with E-state index in [1.807, 2.05) is 37.2 Å². The highest BCUT2D eigenvalue weighted by atomic mass is 35.5. The number of anilines is 1. The van der Waals surface area contributed by atoms with E-state index in [0.717, 1.165) is 11.1 Å². The van der Waals surface area contributed by atoms with E-state index in [1.54, 1.807) is 18.2 Å². The van der Waals surface area contributed by atoms with E-state index >= 15 is 0 Å². The molecule has 0 saturated heterocycles. The third kappa shape index (κ3) is 3.67. The molecule has 3 rings (SSSR count). The second-order valence-corrected chi connectivity index (χ2v) is 8.24. The minimum Gasteiger partial charge on any atom is -0.377 e. The molecule has 0 saturated carbocycles. The largest absolute Gasteiger partial charge is 0.377 e. The number of sulfonamides is 1. The molecule has 3 aromatic rings. The molecule has 0 radical (unpaired) electrons. The summed E-state index contributed by atoms with van der Waals surface area (Å²) in [5, 5.41) is 1.45. The fourth-order valence-corrected chi connectivity index (χ4v) is 4.24. The zero-order valence-electron chi connectivity index (χ0n) is 14.3. The molecular weight excluding hydrogens is 375 g/mol. The minimum atomic E-state index is -3.76. The van der Waals surface area contributed by atoms with Crippen molar-refractivity contribution in [3.8, 4) is 0 Å². The molecule has 0 bridgehead atoms. The van der Waals surface area contributed by atoms with Crippen LogP contribution in [0.15, 0.2) is 59.5 Å². The van der Waals surface area contributed by atoms with E-state index in [4.69, 9.17) is 11.6 Å². The van der Waals surface area contributed by atoms with Crippen LogP contribution in [-0.4, -0.2) is 22.5 Å². The van der Waals surface area contributed by atoms with E-state index in [2.05, 4.69) is 4.72 Å². The molecule has 0 aromatic heterocycles. The van der Waals surface area contributed by atoms with Gasteiger partial charge in [0.25, 0.3) is 0 Å². The number of nitrogens with zero attached hydrogens (tertiary/aromatic N) is 1. The zero-order chi connectivity index (χ0) is 18.9. The summed E-state index contributed by atoms with van der Waals surface area (Å²) in [5.74, 6) is -0.538. The third-order valence-corrected chi connectivity index (χ3v) is 5.83. The molecule has 0 atom stereocenters. The maximum absolute atomic E-state index is 13.2. The van der Waals surface area contributed by atoms with Gasteiger partial charge in [-0.2, -0.15) is 0 Å². The van der Waals surface area contributed by atoms with Crippen LogP contribution in [0.2, 0.25) is 5.02 Å². The predicted molar refractivity (Wildman–Crippen MR) is 104 cm³/mol. The van der Waals surface area contributed by atoms with Crippen LogP contribution in [-0.2, 0) is 16.6 Å². The molecule has 26 heavy (non-hydrogen) atoms. The second-order valence-electron chi connectivity index (χ2n) is 6.10. The summed E-state index contributed by atoms with van der Waals surface area (Å²) in [4.78, 5) is 2.14. The predicted octanol–water partition coefficient (Wildman–Crippen LogP) is 4.18. The van der Waals surface area contributed by atoms with Crippen molar-refractivity contribution in [1.29, 1.82) is 0 Å². The van der Waals surface area contributed by atoms with Crippen molar-refractivity contribution in [3.63, 3.8) is 0 Å². The number of fused-ring (bicyclic) bond motifs is 1. The van der Waals surface area contributed by atoms with E-state index in [9.17, 15) is 12.8 Å². The average molecular weight is 393 g/mol. The topological polar surface area (TPSA) is 49.4 Å². The zero-order valence-corrected chi connectivity index (χ0v) is 15.9. The van der Waals surface area contributed by atoms with E-state index < -0.39 is 15.8 Å². The van der Waals surface area contributed by atoms with Crippen LogP contribution in [0, 0.1) is 5.82 Å². The quantitative estimate of drug-likeness (QED) is 0.708.